The van der Waals surface area contributed by atoms with E-state index < -0.39 is 11.9 Å². The molecule has 0 radical (unpaired) electrons. The van der Waals surface area contributed by atoms with Crippen molar-refractivity contribution in [3.05, 3.63) is 23.2 Å². The molecule has 0 amide bonds. The van der Waals surface area contributed by atoms with Gasteiger partial charge in [0, 0.05) is 19.2 Å². The van der Waals surface area contributed by atoms with Gasteiger partial charge in [-0.1, -0.05) is 0 Å². The molecule has 0 aromatic rings. The number of ether oxygens (including phenoxy) is 2. The van der Waals surface area contributed by atoms with Crippen LogP contribution in [0.1, 0.15) is 13.3 Å². The van der Waals surface area contributed by atoms with Crippen molar-refractivity contribution in [1.29, 1.82) is 0 Å². The molecule has 1 heterocycles. The molecule has 0 aromatic heterocycles. The second-order valence-corrected chi connectivity index (χ2v) is 3.46. The van der Waals surface area contributed by atoms with Crippen molar-refractivity contribution in [2.45, 2.75) is 13.3 Å². The Kier molecular flexibility index (Phi) is 4.14. The van der Waals surface area contributed by atoms with Crippen LogP contribution in [0.5, 0.6) is 0 Å². The van der Waals surface area contributed by atoms with Crippen LogP contribution in [0.25, 0.3) is 0 Å². The fourth-order valence-electron chi connectivity index (χ4n) is 1.58. The molecular formula is C11H16N2O4. The Balaban J connectivity index is 3.06. The summed E-state index contributed by atoms with van der Waals surface area (Å²) in [5.41, 5.74) is 6.48. The minimum Gasteiger partial charge on any atom is -0.466 e. The van der Waals surface area contributed by atoms with Gasteiger partial charge in [-0.3, -0.25) is 0 Å². The molecule has 0 bridgehead atoms. The minimum atomic E-state index is -0.532. The molecule has 0 atom stereocenters. The predicted octanol–water partition coefficient (Wildman–Crippen LogP) is 0.112. The Hall–Kier alpha value is -1.98. The summed E-state index contributed by atoms with van der Waals surface area (Å²) in [7, 11) is 2.56. The molecule has 1 aliphatic rings. The van der Waals surface area contributed by atoms with Gasteiger partial charge in [0.25, 0.3) is 0 Å². The number of carbonyl (C=O) groups excluding carboxylic acids is 2. The van der Waals surface area contributed by atoms with E-state index in [1.807, 2.05) is 6.92 Å². The molecule has 1 rings (SSSR count). The molecule has 94 valence electrons. The van der Waals surface area contributed by atoms with Gasteiger partial charge in [0.2, 0.25) is 0 Å². The first-order valence-corrected chi connectivity index (χ1v) is 5.17. The second kappa shape index (κ2) is 5.38. The molecule has 6 heteroatoms. The zero-order chi connectivity index (χ0) is 13.0. The summed E-state index contributed by atoms with van der Waals surface area (Å²) in [5, 5.41) is 0. The van der Waals surface area contributed by atoms with Crippen molar-refractivity contribution in [3.63, 3.8) is 0 Å². The van der Waals surface area contributed by atoms with Crippen LogP contribution in [0.3, 0.4) is 0 Å². The van der Waals surface area contributed by atoms with Gasteiger partial charge in [0.15, 0.2) is 0 Å². The van der Waals surface area contributed by atoms with Crippen molar-refractivity contribution in [2.24, 2.45) is 5.73 Å². The molecule has 2 N–H and O–H groups in total. The summed E-state index contributed by atoms with van der Waals surface area (Å²) in [5.74, 6) is -0.695. The second-order valence-electron chi connectivity index (χ2n) is 3.46. The lowest BCUT2D eigenvalue weighted by atomic mass is 10.0. The highest BCUT2D eigenvalue weighted by Gasteiger charge is 2.27. The van der Waals surface area contributed by atoms with E-state index in [0.29, 0.717) is 17.9 Å². The molecule has 0 saturated carbocycles. The molecular weight excluding hydrogens is 224 g/mol. The summed E-state index contributed by atoms with van der Waals surface area (Å²) in [6.07, 6.45) is 1.72. The van der Waals surface area contributed by atoms with Crippen molar-refractivity contribution < 1.29 is 19.1 Å². The van der Waals surface area contributed by atoms with Crippen LogP contribution in [0, 0.1) is 0 Å². The first-order chi connectivity index (χ1) is 8.04. The first kappa shape index (κ1) is 13.1. The van der Waals surface area contributed by atoms with Crippen LogP contribution in [-0.2, 0) is 19.1 Å². The van der Waals surface area contributed by atoms with E-state index in [-0.39, 0.29) is 12.0 Å². The standard InChI is InChI=1S/C11H16N2O4/c1-4-13-6-7(10(14)16-2)5-8(9(13)12)11(15)17-3/h6H,4-5,12H2,1-3H3. The highest BCUT2D eigenvalue weighted by molar-refractivity contribution is 5.95. The van der Waals surface area contributed by atoms with Gasteiger partial charge in [0.1, 0.15) is 5.82 Å². The fraction of sp³-hybridized carbons (Fsp3) is 0.455. The third kappa shape index (κ3) is 2.58. The number of carbonyl (C=O) groups is 2. The number of rotatable bonds is 3. The third-order valence-electron chi connectivity index (χ3n) is 2.52. The maximum Gasteiger partial charge on any atom is 0.337 e. The largest absolute Gasteiger partial charge is 0.466 e. The molecule has 0 saturated heterocycles. The molecule has 0 aliphatic carbocycles. The average Bonchev–Trinajstić information content (AvgIpc) is 2.37. The monoisotopic (exact) mass is 240 g/mol. The summed E-state index contributed by atoms with van der Waals surface area (Å²) in [4.78, 5) is 24.6. The predicted molar refractivity (Wildman–Crippen MR) is 60.3 cm³/mol. The highest BCUT2D eigenvalue weighted by Crippen LogP contribution is 2.24. The number of nitrogens with zero attached hydrogens (tertiary/aromatic N) is 1. The molecule has 0 aromatic carbocycles. The van der Waals surface area contributed by atoms with Crippen LogP contribution in [0.15, 0.2) is 23.2 Å². The Morgan fingerprint density at radius 1 is 1.35 bits per heavy atom. The Labute approximate surface area is 99.7 Å². The molecule has 1 aliphatic heterocycles. The van der Waals surface area contributed by atoms with E-state index in [1.54, 1.807) is 11.1 Å². The zero-order valence-electron chi connectivity index (χ0n) is 10.1. The summed E-state index contributed by atoms with van der Waals surface area (Å²) in [6.45, 7) is 2.41. The number of hydrogen-bond acceptors (Lipinski definition) is 6. The Bertz CT molecular complexity index is 398. The SMILES string of the molecule is CCN1C=C(C(=O)OC)CC(C(=O)OC)=C1N. The van der Waals surface area contributed by atoms with Crippen LogP contribution < -0.4 is 5.73 Å². The number of esters is 2. The van der Waals surface area contributed by atoms with Crippen LogP contribution in [0.4, 0.5) is 0 Å². The normalized spacial score (nSPS) is 15.5. The lowest BCUT2D eigenvalue weighted by Gasteiger charge is -2.26. The summed E-state index contributed by atoms with van der Waals surface area (Å²) >= 11 is 0. The quantitative estimate of drug-likeness (QED) is 0.705. The van der Waals surface area contributed by atoms with Gasteiger partial charge in [-0.2, -0.15) is 0 Å². The molecule has 0 unspecified atom stereocenters. The summed E-state index contributed by atoms with van der Waals surface area (Å²) < 4.78 is 9.26. The zero-order valence-corrected chi connectivity index (χ0v) is 10.1. The van der Waals surface area contributed by atoms with Crippen molar-refractivity contribution in [3.8, 4) is 0 Å². The van der Waals surface area contributed by atoms with Crippen molar-refractivity contribution in [2.75, 3.05) is 20.8 Å². The van der Waals surface area contributed by atoms with E-state index in [4.69, 9.17) is 5.73 Å². The van der Waals surface area contributed by atoms with Gasteiger partial charge < -0.3 is 20.1 Å². The lowest BCUT2D eigenvalue weighted by Crippen LogP contribution is -2.31. The van der Waals surface area contributed by atoms with Gasteiger partial charge in [-0.25, -0.2) is 9.59 Å². The third-order valence-corrected chi connectivity index (χ3v) is 2.52. The van der Waals surface area contributed by atoms with Crippen LogP contribution in [-0.4, -0.2) is 37.6 Å². The number of hydrogen-bond donors (Lipinski definition) is 1. The fourth-order valence-corrected chi connectivity index (χ4v) is 1.58. The van der Waals surface area contributed by atoms with E-state index in [1.165, 1.54) is 14.2 Å². The molecule has 0 fully saturated rings. The Morgan fingerprint density at radius 2 is 1.94 bits per heavy atom. The molecule has 6 nitrogen and oxygen atoms in total. The minimum absolute atomic E-state index is 0.127. The van der Waals surface area contributed by atoms with Gasteiger partial charge in [0.05, 0.1) is 25.4 Å². The maximum absolute atomic E-state index is 11.5. The van der Waals surface area contributed by atoms with E-state index in [2.05, 4.69) is 9.47 Å². The number of methoxy groups -OCH3 is 2. The van der Waals surface area contributed by atoms with Crippen LogP contribution in [0.2, 0.25) is 0 Å². The molecule has 0 spiro atoms. The van der Waals surface area contributed by atoms with E-state index in [9.17, 15) is 9.59 Å². The topological polar surface area (TPSA) is 81.9 Å². The van der Waals surface area contributed by atoms with Gasteiger partial charge in [-0.05, 0) is 6.92 Å². The van der Waals surface area contributed by atoms with Gasteiger partial charge >= 0.3 is 11.9 Å². The van der Waals surface area contributed by atoms with Gasteiger partial charge in [-0.15, -0.1) is 0 Å². The van der Waals surface area contributed by atoms with E-state index >= 15 is 0 Å². The summed E-state index contributed by atoms with van der Waals surface area (Å²) in [6, 6.07) is 0. The highest BCUT2D eigenvalue weighted by atomic mass is 16.5. The van der Waals surface area contributed by atoms with Crippen molar-refractivity contribution in [1.82, 2.24) is 4.90 Å². The Morgan fingerprint density at radius 3 is 2.41 bits per heavy atom. The average molecular weight is 240 g/mol. The van der Waals surface area contributed by atoms with Crippen molar-refractivity contribution >= 4 is 11.9 Å². The van der Waals surface area contributed by atoms with E-state index in [0.717, 1.165) is 0 Å². The maximum atomic E-state index is 11.5. The van der Waals surface area contributed by atoms with Crippen LogP contribution >= 0.6 is 0 Å². The number of nitrogens with two attached hydrogens (primary N) is 1. The first-order valence-electron chi connectivity index (χ1n) is 5.17. The smallest absolute Gasteiger partial charge is 0.337 e. The lowest BCUT2D eigenvalue weighted by molar-refractivity contribution is -0.137. The molecule has 17 heavy (non-hydrogen) atoms.